The van der Waals surface area contributed by atoms with Crippen LogP contribution in [0.25, 0.3) is 0 Å². The number of benzene rings is 1. The van der Waals surface area contributed by atoms with Crippen LogP contribution in [-0.4, -0.2) is 69.5 Å². The first-order chi connectivity index (χ1) is 17.3. The number of nitrogens with one attached hydrogen (secondary N) is 2. The lowest BCUT2D eigenvalue weighted by Crippen LogP contribution is -2.52. The van der Waals surface area contributed by atoms with Gasteiger partial charge in [-0.2, -0.15) is 0 Å². The topological polar surface area (TPSA) is 149 Å². The van der Waals surface area contributed by atoms with Gasteiger partial charge in [-0.3, -0.25) is 29.1 Å². The summed E-state index contributed by atoms with van der Waals surface area (Å²) in [4.78, 5) is 55.2. The van der Waals surface area contributed by atoms with E-state index in [0.717, 1.165) is 10.0 Å². The highest BCUT2D eigenvalue weighted by Gasteiger charge is 2.36. The number of rotatable bonds is 10. The Balaban J connectivity index is 1.41. The predicted octanol–water partition coefficient (Wildman–Crippen LogP) is 0.716. The minimum atomic E-state index is -0.737. The summed E-state index contributed by atoms with van der Waals surface area (Å²) >= 11 is 3.40. The van der Waals surface area contributed by atoms with Crippen LogP contribution in [-0.2, 0) is 32.1 Å². The van der Waals surface area contributed by atoms with Crippen molar-refractivity contribution in [2.45, 2.75) is 56.8 Å². The van der Waals surface area contributed by atoms with E-state index in [0.29, 0.717) is 44.5 Å². The Morgan fingerprint density at radius 3 is 2.72 bits per heavy atom. The van der Waals surface area contributed by atoms with Crippen LogP contribution < -0.4 is 16.4 Å². The van der Waals surface area contributed by atoms with Gasteiger partial charge in [-0.05, 0) is 37.0 Å². The van der Waals surface area contributed by atoms with Gasteiger partial charge < -0.3 is 20.7 Å². The number of carbonyl (C=O) groups is 4. The minimum absolute atomic E-state index is 0.0926. The van der Waals surface area contributed by atoms with Crippen LogP contribution in [0.4, 0.5) is 0 Å². The highest BCUT2D eigenvalue weighted by Crippen LogP contribution is 2.19. The van der Waals surface area contributed by atoms with E-state index in [1.807, 2.05) is 24.3 Å². The molecule has 1 aromatic heterocycles. The number of hydrogen-bond donors (Lipinski definition) is 3. The molecule has 192 valence electrons. The lowest BCUT2D eigenvalue weighted by molar-refractivity contribution is -0.139. The molecular formula is C24H29BrN6O5. The van der Waals surface area contributed by atoms with Crippen molar-refractivity contribution in [1.82, 2.24) is 25.1 Å². The maximum atomic E-state index is 13.4. The molecule has 3 atom stereocenters. The van der Waals surface area contributed by atoms with Crippen LogP contribution in [0.1, 0.15) is 41.7 Å². The number of nitrogens with zero attached hydrogens (tertiary/aromatic N) is 3. The van der Waals surface area contributed by atoms with Crippen LogP contribution >= 0.6 is 15.9 Å². The van der Waals surface area contributed by atoms with Crippen molar-refractivity contribution in [3.63, 3.8) is 0 Å². The average Bonchev–Trinajstić information content (AvgIpc) is 3.62. The lowest BCUT2D eigenvalue weighted by atomic mass is 10.1. The second kappa shape index (κ2) is 11.8. The number of imidazole rings is 1. The van der Waals surface area contributed by atoms with E-state index in [1.54, 1.807) is 6.20 Å². The smallest absolute Gasteiger partial charge is 0.254 e. The second-order valence-corrected chi connectivity index (χ2v) is 9.86. The zero-order valence-corrected chi connectivity index (χ0v) is 21.3. The first kappa shape index (κ1) is 26.0. The summed E-state index contributed by atoms with van der Waals surface area (Å²) in [5.74, 6) is -1.23. The van der Waals surface area contributed by atoms with Crippen molar-refractivity contribution in [3.05, 3.63) is 52.5 Å². The van der Waals surface area contributed by atoms with Gasteiger partial charge in [0, 0.05) is 30.1 Å². The highest BCUT2D eigenvalue weighted by atomic mass is 79.9. The Morgan fingerprint density at radius 2 is 2.03 bits per heavy atom. The number of primary amides is 1. The summed E-state index contributed by atoms with van der Waals surface area (Å²) < 4.78 is 8.03. The van der Waals surface area contributed by atoms with E-state index in [1.165, 1.54) is 15.8 Å². The highest BCUT2D eigenvalue weighted by molar-refractivity contribution is 9.10. The molecule has 2 saturated heterocycles. The van der Waals surface area contributed by atoms with Gasteiger partial charge >= 0.3 is 0 Å². The zero-order valence-electron chi connectivity index (χ0n) is 19.7. The Kier molecular flexibility index (Phi) is 8.49. The van der Waals surface area contributed by atoms with Crippen LogP contribution in [0.3, 0.4) is 0 Å². The van der Waals surface area contributed by atoms with Crippen LogP contribution in [0.15, 0.2) is 41.3 Å². The van der Waals surface area contributed by atoms with Gasteiger partial charge in [0.25, 0.3) is 5.91 Å². The lowest BCUT2D eigenvalue weighted by Gasteiger charge is -2.27. The molecule has 0 spiro atoms. The zero-order chi connectivity index (χ0) is 25.7. The number of halogens is 1. The number of likely N-dealkylation sites (tertiary alicyclic amines) is 1. The number of hydrogen-bond acceptors (Lipinski definition) is 7. The van der Waals surface area contributed by atoms with Crippen LogP contribution in [0, 0.1) is 0 Å². The minimum Gasteiger partial charge on any atom is -0.368 e. The molecule has 0 unspecified atom stereocenters. The van der Waals surface area contributed by atoms with Crippen molar-refractivity contribution in [2.24, 2.45) is 5.73 Å². The third-order valence-corrected chi connectivity index (χ3v) is 6.90. The predicted molar refractivity (Wildman–Crippen MR) is 132 cm³/mol. The standard InChI is InChI=1S/C24H29BrN6O5/c25-16-5-3-15(4-6-16)12-36-14-28-19(24(35)31-9-1-2-20(31)22(26)33)10-17-11-30(13-27-17)23(34)18-7-8-21(32)29-18/h3-6,11,13,18-20,28H,1-2,7-10,12,14H2,(H2,26,33)(H,29,32)/t18-,19-,20-/m0/s1. The fourth-order valence-electron chi connectivity index (χ4n) is 4.46. The van der Waals surface area contributed by atoms with E-state index in [4.69, 9.17) is 10.5 Å². The van der Waals surface area contributed by atoms with Crippen molar-refractivity contribution in [1.29, 1.82) is 0 Å². The Labute approximate surface area is 216 Å². The maximum absolute atomic E-state index is 13.4. The number of amides is 3. The molecule has 11 nitrogen and oxygen atoms in total. The molecular weight excluding hydrogens is 532 g/mol. The van der Waals surface area contributed by atoms with Crippen molar-refractivity contribution in [3.8, 4) is 0 Å². The van der Waals surface area contributed by atoms with Gasteiger partial charge in [-0.1, -0.05) is 28.1 Å². The number of carbonyl (C=O) groups excluding carboxylic acids is 4. The fraction of sp³-hybridized carbons (Fsp3) is 0.458. The van der Waals surface area contributed by atoms with E-state index < -0.39 is 24.0 Å². The molecule has 4 rings (SSSR count). The molecule has 1 aromatic carbocycles. The third-order valence-electron chi connectivity index (χ3n) is 6.37. The Hall–Kier alpha value is -3.09. The first-order valence-electron chi connectivity index (χ1n) is 11.8. The molecule has 4 N–H and O–H groups in total. The summed E-state index contributed by atoms with van der Waals surface area (Å²) in [6.07, 6.45) is 5.11. The van der Waals surface area contributed by atoms with Crippen LogP contribution in [0.2, 0.25) is 0 Å². The second-order valence-electron chi connectivity index (χ2n) is 8.94. The molecule has 36 heavy (non-hydrogen) atoms. The normalized spacial score (nSPS) is 20.4. The van der Waals surface area contributed by atoms with E-state index in [9.17, 15) is 19.2 Å². The first-order valence-corrected chi connectivity index (χ1v) is 12.6. The molecule has 3 amide bonds. The quantitative estimate of drug-likeness (QED) is 0.286. The third kappa shape index (κ3) is 6.37. The molecule has 0 saturated carbocycles. The fourth-order valence-corrected chi connectivity index (χ4v) is 4.72. The molecule has 0 radical (unpaired) electrons. The summed E-state index contributed by atoms with van der Waals surface area (Å²) in [5, 5.41) is 5.77. The van der Waals surface area contributed by atoms with Gasteiger partial charge in [-0.15, -0.1) is 0 Å². The summed E-state index contributed by atoms with van der Waals surface area (Å²) in [5.41, 5.74) is 7.01. The summed E-state index contributed by atoms with van der Waals surface area (Å²) in [7, 11) is 0. The molecule has 0 bridgehead atoms. The molecule has 12 heteroatoms. The largest absolute Gasteiger partial charge is 0.368 e. The summed E-state index contributed by atoms with van der Waals surface area (Å²) in [6.45, 7) is 0.888. The SMILES string of the molecule is NC(=O)[C@@H]1CCCN1C(=O)[C@H](Cc1cn(C(=O)[C@@H]2CCC(=O)N2)cn1)NCOCc1ccc(Br)cc1. The monoisotopic (exact) mass is 560 g/mol. The average molecular weight is 561 g/mol. The van der Waals surface area contributed by atoms with E-state index in [2.05, 4.69) is 31.5 Å². The van der Waals surface area contributed by atoms with Gasteiger partial charge in [0.1, 0.15) is 18.4 Å². The number of aromatic nitrogens is 2. The van der Waals surface area contributed by atoms with E-state index >= 15 is 0 Å². The summed E-state index contributed by atoms with van der Waals surface area (Å²) in [6, 6.07) is 5.75. The molecule has 2 aromatic rings. The Morgan fingerprint density at radius 1 is 1.25 bits per heavy atom. The van der Waals surface area contributed by atoms with Gasteiger partial charge in [0.15, 0.2) is 0 Å². The maximum Gasteiger partial charge on any atom is 0.254 e. The van der Waals surface area contributed by atoms with Gasteiger partial charge in [0.05, 0.1) is 25.1 Å². The van der Waals surface area contributed by atoms with E-state index in [-0.39, 0.29) is 30.9 Å². The van der Waals surface area contributed by atoms with Gasteiger partial charge in [-0.25, -0.2) is 4.98 Å². The molecule has 2 aliphatic heterocycles. The van der Waals surface area contributed by atoms with Gasteiger partial charge in [0.2, 0.25) is 17.7 Å². The number of ether oxygens (including phenoxy) is 1. The molecule has 2 aliphatic rings. The number of nitrogens with two attached hydrogens (primary N) is 1. The van der Waals surface area contributed by atoms with Crippen molar-refractivity contribution < 1.29 is 23.9 Å². The Bertz CT molecular complexity index is 1120. The van der Waals surface area contributed by atoms with Crippen molar-refractivity contribution in [2.75, 3.05) is 13.3 Å². The van der Waals surface area contributed by atoms with Crippen molar-refractivity contribution >= 4 is 39.6 Å². The molecule has 0 aliphatic carbocycles. The molecule has 3 heterocycles. The van der Waals surface area contributed by atoms with Crippen LogP contribution in [0.5, 0.6) is 0 Å². The molecule has 2 fully saturated rings.